The van der Waals surface area contributed by atoms with Gasteiger partial charge in [0.05, 0.1) is 6.21 Å². The Labute approximate surface area is 182 Å². The summed E-state index contributed by atoms with van der Waals surface area (Å²) >= 11 is 0. The monoisotopic (exact) mass is 424 g/mol. The van der Waals surface area contributed by atoms with Crippen LogP contribution in [0.1, 0.15) is 30.5 Å². The normalized spacial score (nSPS) is 10.7. The maximum atomic E-state index is 12.1. The predicted octanol–water partition coefficient (Wildman–Crippen LogP) is 2.54. The number of rotatable bonds is 8. The number of nitrogens with one attached hydrogen (secondary N) is 3. The van der Waals surface area contributed by atoms with Gasteiger partial charge in [-0.15, -0.1) is 0 Å². The average Bonchev–Trinajstić information content (AvgIpc) is 2.74. The number of carbonyl (C=O) groups is 3. The van der Waals surface area contributed by atoms with Crippen LogP contribution in [0, 0.1) is 19.8 Å². The van der Waals surface area contributed by atoms with Crippen LogP contribution in [0.4, 0.5) is 5.69 Å². The third kappa shape index (κ3) is 7.93. The molecule has 2 aromatic rings. The predicted molar refractivity (Wildman–Crippen MR) is 120 cm³/mol. The molecule has 0 heterocycles. The highest BCUT2D eigenvalue weighted by Gasteiger charge is 2.12. The molecule has 0 aromatic heterocycles. The molecule has 0 bridgehead atoms. The molecule has 0 spiro atoms. The van der Waals surface area contributed by atoms with Crippen molar-refractivity contribution in [1.82, 2.24) is 10.7 Å². The van der Waals surface area contributed by atoms with Gasteiger partial charge in [0, 0.05) is 12.2 Å². The first-order chi connectivity index (χ1) is 14.8. The third-order valence-corrected chi connectivity index (χ3v) is 4.39. The Bertz CT molecular complexity index is 953. The summed E-state index contributed by atoms with van der Waals surface area (Å²) in [5, 5.41) is 9.11. The number of hydrogen-bond acceptors (Lipinski definition) is 5. The Balaban J connectivity index is 1.79. The topological polar surface area (TPSA) is 109 Å². The van der Waals surface area contributed by atoms with Crippen molar-refractivity contribution in [3.63, 3.8) is 0 Å². The lowest BCUT2D eigenvalue weighted by atomic mass is 10.1. The molecule has 0 saturated heterocycles. The van der Waals surface area contributed by atoms with Crippen LogP contribution < -0.4 is 20.8 Å². The van der Waals surface area contributed by atoms with Gasteiger partial charge >= 0.3 is 11.8 Å². The lowest BCUT2D eigenvalue weighted by Gasteiger charge is -2.11. The average molecular weight is 425 g/mol. The van der Waals surface area contributed by atoms with Crippen LogP contribution >= 0.6 is 0 Å². The number of hydrazone groups is 1. The molecule has 2 aromatic carbocycles. The van der Waals surface area contributed by atoms with E-state index in [1.165, 1.54) is 6.21 Å². The number of benzene rings is 2. The minimum absolute atomic E-state index is 0.123. The zero-order valence-electron chi connectivity index (χ0n) is 18.2. The summed E-state index contributed by atoms with van der Waals surface area (Å²) in [5.74, 6) is -1.04. The smallest absolute Gasteiger partial charge is 0.329 e. The highest BCUT2D eigenvalue weighted by Crippen LogP contribution is 2.18. The number of hydrogen-bond donors (Lipinski definition) is 3. The van der Waals surface area contributed by atoms with Gasteiger partial charge in [0.2, 0.25) is 0 Å². The van der Waals surface area contributed by atoms with Crippen LogP contribution in [0.15, 0.2) is 47.6 Å². The number of ether oxygens (including phenoxy) is 1. The first-order valence-electron chi connectivity index (χ1n) is 9.96. The van der Waals surface area contributed by atoms with Crippen molar-refractivity contribution in [2.24, 2.45) is 11.0 Å². The van der Waals surface area contributed by atoms with Crippen molar-refractivity contribution < 1.29 is 19.1 Å². The van der Waals surface area contributed by atoms with Gasteiger partial charge in [-0.1, -0.05) is 26.0 Å². The van der Waals surface area contributed by atoms with Crippen LogP contribution in [-0.4, -0.2) is 37.1 Å². The number of aryl methyl sites for hydroxylation is 1. The highest BCUT2D eigenvalue weighted by atomic mass is 16.5. The summed E-state index contributed by atoms with van der Waals surface area (Å²) in [6.45, 7) is 8.09. The summed E-state index contributed by atoms with van der Waals surface area (Å²) in [4.78, 5) is 35.3. The Kier molecular flexibility index (Phi) is 8.75. The second-order valence-corrected chi connectivity index (χ2v) is 7.46. The highest BCUT2D eigenvalue weighted by molar-refractivity contribution is 6.35. The van der Waals surface area contributed by atoms with E-state index in [2.05, 4.69) is 21.2 Å². The van der Waals surface area contributed by atoms with Crippen molar-refractivity contribution in [3.05, 3.63) is 59.2 Å². The van der Waals surface area contributed by atoms with Gasteiger partial charge in [0.25, 0.3) is 5.91 Å². The van der Waals surface area contributed by atoms with Crippen molar-refractivity contribution in [2.75, 3.05) is 18.5 Å². The Morgan fingerprint density at radius 1 is 1.03 bits per heavy atom. The number of amides is 3. The SMILES string of the molecule is Cc1cccc(NC(=O)COc2ccc(/C=N\NC(=O)C(=O)NCC(C)C)cc2)c1C. The fourth-order valence-electron chi connectivity index (χ4n) is 2.47. The molecule has 0 saturated carbocycles. The Morgan fingerprint density at radius 3 is 2.42 bits per heavy atom. The van der Waals surface area contributed by atoms with E-state index >= 15 is 0 Å². The van der Waals surface area contributed by atoms with Crippen molar-refractivity contribution in [2.45, 2.75) is 27.7 Å². The maximum absolute atomic E-state index is 12.1. The second-order valence-electron chi connectivity index (χ2n) is 7.46. The van der Waals surface area contributed by atoms with E-state index in [4.69, 9.17) is 4.74 Å². The fourth-order valence-corrected chi connectivity index (χ4v) is 2.47. The molecule has 0 aliphatic heterocycles. The van der Waals surface area contributed by atoms with E-state index in [1.54, 1.807) is 24.3 Å². The molecule has 8 heteroatoms. The summed E-state index contributed by atoms with van der Waals surface area (Å²) in [5.41, 5.74) is 5.75. The number of anilines is 1. The van der Waals surface area contributed by atoms with E-state index in [0.717, 1.165) is 16.8 Å². The second kappa shape index (κ2) is 11.5. The van der Waals surface area contributed by atoms with Gasteiger partial charge in [-0.25, -0.2) is 5.43 Å². The van der Waals surface area contributed by atoms with Crippen molar-refractivity contribution in [1.29, 1.82) is 0 Å². The standard InChI is InChI=1S/C23H28N4O4/c1-15(2)12-24-22(29)23(30)27-25-13-18-8-10-19(11-9-18)31-14-21(28)26-20-7-5-6-16(3)17(20)4/h5-11,13,15H,12,14H2,1-4H3,(H,24,29)(H,26,28)(H,27,30)/b25-13-. The van der Waals surface area contributed by atoms with Crippen LogP contribution in [0.3, 0.4) is 0 Å². The number of nitrogens with zero attached hydrogens (tertiary/aromatic N) is 1. The van der Waals surface area contributed by atoms with E-state index in [-0.39, 0.29) is 18.4 Å². The number of carbonyl (C=O) groups excluding carboxylic acids is 3. The molecule has 0 radical (unpaired) electrons. The van der Waals surface area contributed by atoms with E-state index < -0.39 is 11.8 Å². The summed E-state index contributed by atoms with van der Waals surface area (Å²) in [6.07, 6.45) is 1.41. The maximum Gasteiger partial charge on any atom is 0.329 e. The lowest BCUT2D eigenvalue weighted by molar-refractivity contribution is -0.139. The van der Waals surface area contributed by atoms with Crippen LogP contribution in [0.25, 0.3) is 0 Å². The minimum Gasteiger partial charge on any atom is -0.484 e. The Morgan fingerprint density at radius 2 is 1.74 bits per heavy atom. The molecule has 0 unspecified atom stereocenters. The van der Waals surface area contributed by atoms with Crippen LogP contribution in [-0.2, 0) is 14.4 Å². The van der Waals surface area contributed by atoms with Gasteiger partial charge in [0.1, 0.15) is 5.75 Å². The molecule has 0 fully saturated rings. The van der Waals surface area contributed by atoms with Gasteiger partial charge in [0.15, 0.2) is 6.61 Å². The molecule has 3 amide bonds. The molecule has 0 aliphatic rings. The Hall–Kier alpha value is -3.68. The molecule has 2 rings (SSSR count). The molecule has 0 aliphatic carbocycles. The van der Waals surface area contributed by atoms with E-state index in [9.17, 15) is 14.4 Å². The third-order valence-electron chi connectivity index (χ3n) is 4.39. The van der Waals surface area contributed by atoms with E-state index in [0.29, 0.717) is 17.9 Å². The van der Waals surface area contributed by atoms with Gasteiger partial charge < -0.3 is 15.4 Å². The molecule has 8 nitrogen and oxygen atoms in total. The largest absolute Gasteiger partial charge is 0.484 e. The quantitative estimate of drug-likeness (QED) is 0.344. The fraction of sp³-hybridized carbons (Fsp3) is 0.304. The minimum atomic E-state index is -0.827. The van der Waals surface area contributed by atoms with Gasteiger partial charge in [-0.3, -0.25) is 14.4 Å². The van der Waals surface area contributed by atoms with Crippen molar-refractivity contribution in [3.8, 4) is 5.75 Å². The lowest BCUT2D eigenvalue weighted by Crippen LogP contribution is -2.39. The molecular weight excluding hydrogens is 396 g/mol. The zero-order valence-corrected chi connectivity index (χ0v) is 18.2. The van der Waals surface area contributed by atoms with Crippen LogP contribution in [0.2, 0.25) is 0 Å². The summed E-state index contributed by atoms with van der Waals surface area (Å²) in [6, 6.07) is 12.5. The molecule has 0 atom stereocenters. The summed E-state index contributed by atoms with van der Waals surface area (Å²) < 4.78 is 5.51. The first kappa shape index (κ1) is 23.6. The molecule has 164 valence electrons. The molecule has 31 heavy (non-hydrogen) atoms. The first-order valence-corrected chi connectivity index (χ1v) is 9.96. The van der Waals surface area contributed by atoms with Gasteiger partial charge in [-0.2, -0.15) is 5.10 Å². The van der Waals surface area contributed by atoms with Gasteiger partial charge in [-0.05, 0) is 66.8 Å². The van der Waals surface area contributed by atoms with Crippen LogP contribution in [0.5, 0.6) is 5.75 Å². The van der Waals surface area contributed by atoms with Crippen molar-refractivity contribution >= 4 is 29.6 Å². The molecule has 3 N–H and O–H groups in total. The van der Waals surface area contributed by atoms with E-state index in [1.807, 2.05) is 45.9 Å². The summed E-state index contributed by atoms with van der Waals surface area (Å²) in [7, 11) is 0. The zero-order chi connectivity index (χ0) is 22.8. The molecular formula is C23H28N4O4.